The first kappa shape index (κ1) is 16.8. The van der Waals surface area contributed by atoms with Gasteiger partial charge in [0, 0.05) is 24.6 Å². The first-order valence-corrected chi connectivity index (χ1v) is 8.46. The van der Waals surface area contributed by atoms with Gasteiger partial charge < -0.3 is 4.74 Å². The second-order valence-corrected chi connectivity index (χ2v) is 6.37. The molecule has 6 heteroatoms. The standard InChI is InChI=1S/C18H24N4O2/c1-13(2)16-18(23)22(14(3)21-9-11-24-12-10-21)20-17(19-16)15-7-5-4-6-8-15/h4-8,13-14H,9-12H2,1-3H3. The fourth-order valence-electron chi connectivity index (χ4n) is 2.89. The Bertz CT molecular complexity index is 736. The SMILES string of the molecule is CC(C)c1nc(-c2ccccc2)nn(C(C)N2CCOCC2)c1=O. The lowest BCUT2D eigenvalue weighted by Gasteiger charge is -2.32. The fraction of sp³-hybridized carbons (Fsp3) is 0.500. The van der Waals surface area contributed by atoms with Gasteiger partial charge in [0.15, 0.2) is 5.82 Å². The minimum absolute atomic E-state index is 0.0473. The van der Waals surface area contributed by atoms with Crippen LogP contribution in [0, 0.1) is 0 Å². The normalized spacial score (nSPS) is 17.2. The Balaban J connectivity index is 2.07. The summed E-state index contributed by atoms with van der Waals surface area (Å²) in [5.41, 5.74) is 1.37. The number of benzene rings is 1. The summed E-state index contributed by atoms with van der Waals surface area (Å²) >= 11 is 0. The molecule has 1 atom stereocenters. The van der Waals surface area contributed by atoms with Gasteiger partial charge >= 0.3 is 0 Å². The van der Waals surface area contributed by atoms with E-state index in [9.17, 15) is 4.79 Å². The van der Waals surface area contributed by atoms with Crippen LogP contribution in [-0.2, 0) is 4.74 Å². The molecule has 2 aromatic rings. The van der Waals surface area contributed by atoms with Gasteiger partial charge in [-0.15, -0.1) is 5.10 Å². The van der Waals surface area contributed by atoms with Gasteiger partial charge in [-0.05, 0) is 6.92 Å². The van der Waals surface area contributed by atoms with Gasteiger partial charge in [0.2, 0.25) is 0 Å². The summed E-state index contributed by atoms with van der Waals surface area (Å²) in [6.07, 6.45) is -0.121. The third kappa shape index (κ3) is 3.39. The molecule has 1 aliphatic heterocycles. The fourth-order valence-corrected chi connectivity index (χ4v) is 2.89. The van der Waals surface area contributed by atoms with Crippen LogP contribution in [0.4, 0.5) is 0 Å². The largest absolute Gasteiger partial charge is 0.379 e. The van der Waals surface area contributed by atoms with Gasteiger partial charge in [0.25, 0.3) is 5.56 Å². The Morgan fingerprint density at radius 3 is 2.38 bits per heavy atom. The minimum Gasteiger partial charge on any atom is -0.379 e. The predicted molar refractivity (Wildman–Crippen MR) is 92.9 cm³/mol. The van der Waals surface area contributed by atoms with E-state index in [1.807, 2.05) is 51.1 Å². The molecule has 2 heterocycles. The van der Waals surface area contributed by atoms with Crippen molar-refractivity contribution in [2.45, 2.75) is 32.9 Å². The van der Waals surface area contributed by atoms with E-state index in [1.165, 1.54) is 0 Å². The van der Waals surface area contributed by atoms with Gasteiger partial charge in [-0.3, -0.25) is 9.69 Å². The zero-order valence-electron chi connectivity index (χ0n) is 14.5. The Hall–Kier alpha value is -2.05. The summed E-state index contributed by atoms with van der Waals surface area (Å²) in [5.74, 6) is 0.644. The van der Waals surface area contributed by atoms with E-state index in [1.54, 1.807) is 4.68 Å². The van der Waals surface area contributed by atoms with Crippen molar-refractivity contribution in [2.24, 2.45) is 0 Å². The monoisotopic (exact) mass is 328 g/mol. The molecule has 0 N–H and O–H groups in total. The van der Waals surface area contributed by atoms with Crippen LogP contribution in [0.25, 0.3) is 11.4 Å². The molecule has 0 aliphatic carbocycles. The van der Waals surface area contributed by atoms with Crippen molar-refractivity contribution in [1.29, 1.82) is 0 Å². The summed E-state index contributed by atoms with van der Waals surface area (Å²) < 4.78 is 6.99. The predicted octanol–water partition coefficient (Wildman–Crippen LogP) is 2.28. The second kappa shape index (κ2) is 7.23. The van der Waals surface area contributed by atoms with E-state index >= 15 is 0 Å². The van der Waals surface area contributed by atoms with Crippen LogP contribution in [-0.4, -0.2) is 46.0 Å². The zero-order chi connectivity index (χ0) is 17.1. The van der Waals surface area contributed by atoms with Gasteiger partial charge in [-0.1, -0.05) is 44.2 Å². The molecule has 0 saturated carbocycles. The van der Waals surface area contributed by atoms with Crippen LogP contribution in [0.5, 0.6) is 0 Å². The topological polar surface area (TPSA) is 60.3 Å². The van der Waals surface area contributed by atoms with Crippen LogP contribution >= 0.6 is 0 Å². The lowest BCUT2D eigenvalue weighted by molar-refractivity contribution is -0.000994. The van der Waals surface area contributed by atoms with Gasteiger partial charge in [-0.2, -0.15) is 0 Å². The molecule has 1 aromatic heterocycles. The molecule has 0 spiro atoms. The lowest BCUT2D eigenvalue weighted by atomic mass is 10.1. The van der Waals surface area contributed by atoms with Crippen molar-refractivity contribution in [3.05, 3.63) is 46.4 Å². The number of ether oxygens (including phenoxy) is 1. The van der Waals surface area contributed by atoms with Gasteiger partial charge in [0.05, 0.1) is 13.2 Å². The molecule has 1 aliphatic rings. The Morgan fingerprint density at radius 1 is 1.08 bits per heavy atom. The van der Waals surface area contributed by atoms with E-state index in [2.05, 4.69) is 15.0 Å². The summed E-state index contributed by atoms with van der Waals surface area (Å²) in [4.78, 5) is 19.6. The quantitative estimate of drug-likeness (QED) is 0.862. The molecule has 0 bridgehead atoms. The summed E-state index contributed by atoms with van der Waals surface area (Å²) in [5, 5.41) is 4.57. The zero-order valence-corrected chi connectivity index (χ0v) is 14.5. The minimum atomic E-state index is -0.121. The molecular formula is C18H24N4O2. The number of morpholine rings is 1. The number of hydrogen-bond donors (Lipinski definition) is 0. The first-order chi connectivity index (χ1) is 11.6. The third-order valence-electron chi connectivity index (χ3n) is 4.36. The van der Waals surface area contributed by atoms with Crippen molar-refractivity contribution in [2.75, 3.05) is 26.3 Å². The highest BCUT2D eigenvalue weighted by Gasteiger charge is 2.23. The molecule has 3 rings (SSSR count). The highest BCUT2D eigenvalue weighted by molar-refractivity contribution is 5.53. The van der Waals surface area contributed by atoms with E-state index in [-0.39, 0.29) is 17.6 Å². The molecule has 0 amide bonds. The van der Waals surface area contributed by atoms with Crippen LogP contribution in [0.2, 0.25) is 0 Å². The maximum Gasteiger partial charge on any atom is 0.290 e. The van der Waals surface area contributed by atoms with E-state index in [4.69, 9.17) is 4.74 Å². The molecule has 1 fully saturated rings. The third-order valence-corrected chi connectivity index (χ3v) is 4.36. The molecule has 1 unspecified atom stereocenters. The average molecular weight is 328 g/mol. The summed E-state index contributed by atoms with van der Waals surface area (Å²) in [6, 6.07) is 9.80. The number of rotatable bonds is 4. The molecule has 6 nitrogen and oxygen atoms in total. The van der Waals surface area contributed by atoms with Crippen LogP contribution in [0.15, 0.2) is 35.1 Å². The molecule has 1 saturated heterocycles. The Kier molecular flexibility index (Phi) is 5.06. The van der Waals surface area contributed by atoms with Crippen molar-refractivity contribution in [1.82, 2.24) is 19.7 Å². The van der Waals surface area contributed by atoms with Gasteiger partial charge in [-0.25, -0.2) is 9.67 Å². The van der Waals surface area contributed by atoms with Crippen molar-refractivity contribution in [3.8, 4) is 11.4 Å². The first-order valence-electron chi connectivity index (χ1n) is 8.46. The Labute approximate surface area is 142 Å². The van der Waals surface area contributed by atoms with Crippen LogP contribution in [0.3, 0.4) is 0 Å². The van der Waals surface area contributed by atoms with Crippen molar-refractivity contribution in [3.63, 3.8) is 0 Å². The smallest absolute Gasteiger partial charge is 0.290 e. The molecular weight excluding hydrogens is 304 g/mol. The highest BCUT2D eigenvalue weighted by atomic mass is 16.5. The van der Waals surface area contributed by atoms with Gasteiger partial charge in [0.1, 0.15) is 11.9 Å². The second-order valence-electron chi connectivity index (χ2n) is 6.37. The summed E-state index contributed by atoms with van der Waals surface area (Å²) in [6.45, 7) is 8.97. The lowest BCUT2D eigenvalue weighted by Crippen LogP contribution is -2.44. The van der Waals surface area contributed by atoms with Crippen LogP contribution in [0.1, 0.15) is 38.5 Å². The Morgan fingerprint density at radius 2 is 1.75 bits per heavy atom. The number of nitrogens with zero attached hydrogens (tertiary/aromatic N) is 4. The highest BCUT2D eigenvalue weighted by Crippen LogP contribution is 2.18. The molecule has 0 radical (unpaired) electrons. The van der Waals surface area contributed by atoms with E-state index in [0.717, 1.165) is 18.7 Å². The summed E-state index contributed by atoms with van der Waals surface area (Å²) in [7, 11) is 0. The number of hydrogen-bond acceptors (Lipinski definition) is 5. The molecule has 1 aromatic carbocycles. The molecule has 128 valence electrons. The maximum absolute atomic E-state index is 12.9. The van der Waals surface area contributed by atoms with E-state index < -0.39 is 0 Å². The number of aromatic nitrogens is 3. The maximum atomic E-state index is 12.9. The van der Waals surface area contributed by atoms with E-state index in [0.29, 0.717) is 24.7 Å². The van der Waals surface area contributed by atoms with Crippen LogP contribution < -0.4 is 5.56 Å². The van der Waals surface area contributed by atoms with Crippen molar-refractivity contribution >= 4 is 0 Å². The molecule has 24 heavy (non-hydrogen) atoms. The van der Waals surface area contributed by atoms with Crippen molar-refractivity contribution < 1.29 is 4.74 Å². The average Bonchev–Trinajstić information content (AvgIpc) is 2.62.